The Morgan fingerprint density at radius 2 is 2.05 bits per heavy atom. The van der Waals surface area contributed by atoms with E-state index in [1.165, 1.54) is 12.5 Å². The van der Waals surface area contributed by atoms with E-state index in [-0.39, 0.29) is 23.8 Å². The first-order valence-corrected chi connectivity index (χ1v) is 8.23. The van der Waals surface area contributed by atoms with Crippen molar-refractivity contribution in [3.05, 3.63) is 34.1 Å². The predicted octanol–water partition coefficient (Wildman–Crippen LogP) is 3.52. The number of carbonyl (C=O) groups excluding carboxylic acids is 1. The second-order valence-electron chi connectivity index (χ2n) is 5.78. The largest absolute Gasteiger partial charge is 0.352 e. The highest BCUT2D eigenvalue weighted by atomic mass is 79.9. The summed E-state index contributed by atoms with van der Waals surface area (Å²) < 4.78 is 14.4. The fourth-order valence-electron chi connectivity index (χ4n) is 2.99. The van der Waals surface area contributed by atoms with Crippen molar-refractivity contribution in [1.29, 1.82) is 0 Å². The Morgan fingerprint density at radius 3 is 2.71 bits per heavy atom. The fourth-order valence-corrected chi connectivity index (χ4v) is 3.39. The van der Waals surface area contributed by atoms with Crippen LogP contribution in [0, 0.1) is 5.82 Å². The van der Waals surface area contributed by atoms with E-state index >= 15 is 0 Å². The van der Waals surface area contributed by atoms with Crippen LogP contribution >= 0.6 is 15.9 Å². The molecule has 1 aromatic carbocycles. The van der Waals surface area contributed by atoms with Crippen molar-refractivity contribution in [2.45, 2.75) is 50.6 Å². The Hall–Kier alpha value is -0.940. The number of halogens is 2. The second kappa shape index (κ2) is 7.36. The maximum absolute atomic E-state index is 13.6. The lowest BCUT2D eigenvalue weighted by Crippen LogP contribution is -2.48. The number of rotatable bonds is 5. The van der Waals surface area contributed by atoms with Gasteiger partial charge in [0.2, 0.25) is 5.91 Å². The summed E-state index contributed by atoms with van der Waals surface area (Å²) in [5.41, 5.74) is 0.415. The van der Waals surface area contributed by atoms with Gasteiger partial charge in [0, 0.05) is 28.5 Å². The van der Waals surface area contributed by atoms with Crippen molar-refractivity contribution in [2.24, 2.45) is 0 Å². The molecule has 1 aliphatic rings. The van der Waals surface area contributed by atoms with E-state index in [2.05, 4.69) is 26.6 Å². The number of hydrogen-bond acceptors (Lipinski definition) is 2. The molecule has 5 heteroatoms. The molecule has 2 rings (SSSR count). The van der Waals surface area contributed by atoms with Gasteiger partial charge >= 0.3 is 0 Å². The van der Waals surface area contributed by atoms with E-state index in [1.807, 2.05) is 7.05 Å². The Bertz CT molecular complexity index is 501. The number of amides is 1. The van der Waals surface area contributed by atoms with Crippen LogP contribution in [0.5, 0.6) is 0 Å². The lowest BCUT2D eigenvalue weighted by molar-refractivity contribution is -0.123. The molecule has 116 valence electrons. The van der Waals surface area contributed by atoms with Crippen LogP contribution in [0.25, 0.3) is 0 Å². The van der Waals surface area contributed by atoms with Crippen molar-refractivity contribution in [3.8, 4) is 0 Å². The highest BCUT2D eigenvalue weighted by molar-refractivity contribution is 9.10. The van der Waals surface area contributed by atoms with Gasteiger partial charge in [-0.15, -0.1) is 0 Å². The molecule has 1 aliphatic carbocycles. The molecule has 0 heterocycles. The summed E-state index contributed by atoms with van der Waals surface area (Å²) in [6, 6.07) is 4.75. The monoisotopic (exact) mass is 356 g/mol. The van der Waals surface area contributed by atoms with E-state index in [1.54, 1.807) is 12.1 Å². The van der Waals surface area contributed by atoms with Crippen LogP contribution in [0.1, 0.15) is 44.1 Å². The zero-order valence-electron chi connectivity index (χ0n) is 12.3. The quantitative estimate of drug-likeness (QED) is 0.847. The molecule has 21 heavy (non-hydrogen) atoms. The average molecular weight is 357 g/mol. The van der Waals surface area contributed by atoms with Crippen molar-refractivity contribution < 1.29 is 9.18 Å². The zero-order valence-corrected chi connectivity index (χ0v) is 13.9. The van der Waals surface area contributed by atoms with Crippen LogP contribution in [0.3, 0.4) is 0 Å². The van der Waals surface area contributed by atoms with Crippen LogP contribution in [-0.4, -0.2) is 18.5 Å². The van der Waals surface area contributed by atoms with Crippen LogP contribution in [-0.2, 0) is 11.3 Å². The van der Waals surface area contributed by atoms with Crippen LogP contribution < -0.4 is 10.6 Å². The summed E-state index contributed by atoms with van der Waals surface area (Å²) in [4.78, 5) is 12.2. The summed E-state index contributed by atoms with van der Waals surface area (Å²) in [7, 11) is 1.92. The molecule has 0 bridgehead atoms. The maximum atomic E-state index is 13.6. The third-order valence-electron chi connectivity index (χ3n) is 4.32. The summed E-state index contributed by atoms with van der Waals surface area (Å²) in [6.07, 6.45) is 6.08. The number of nitrogens with one attached hydrogen (secondary N) is 2. The van der Waals surface area contributed by atoms with E-state index in [0.717, 1.165) is 30.2 Å². The van der Waals surface area contributed by atoms with Crippen molar-refractivity contribution >= 4 is 21.8 Å². The van der Waals surface area contributed by atoms with Crippen LogP contribution in [0.2, 0.25) is 0 Å². The number of benzene rings is 1. The molecule has 0 aromatic heterocycles. The minimum Gasteiger partial charge on any atom is -0.352 e. The summed E-state index contributed by atoms with van der Waals surface area (Å²) in [5.74, 6) is -0.315. The SMILES string of the molecule is CNC1(CC(=O)NCc2cc(Br)ccc2F)CCCCC1. The van der Waals surface area contributed by atoms with E-state index < -0.39 is 0 Å². The molecule has 0 atom stereocenters. The molecule has 1 amide bonds. The molecule has 1 fully saturated rings. The lowest BCUT2D eigenvalue weighted by Gasteiger charge is -2.36. The van der Waals surface area contributed by atoms with Gasteiger partial charge in [-0.25, -0.2) is 4.39 Å². The minimum atomic E-state index is -0.292. The topological polar surface area (TPSA) is 41.1 Å². The number of carbonyl (C=O) groups is 1. The van der Waals surface area contributed by atoms with Crippen molar-refractivity contribution in [1.82, 2.24) is 10.6 Å². The smallest absolute Gasteiger partial charge is 0.222 e. The van der Waals surface area contributed by atoms with Gasteiger partial charge in [-0.2, -0.15) is 0 Å². The highest BCUT2D eigenvalue weighted by Gasteiger charge is 2.32. The summed E-state index contributed by atoms with van der Waals surface area (Å²) >= 11 is 3.31. The fraction of sp³-hybridized carbons (Fsp3) is 0.562. The molecule has 0 saturated heterocycles. The third-order valence-corrected chi connectivity index (χ3v) is 4.82. The highest BCUT2D eigenvalue weighted by Crippen LogP contribution is 2.30. The first-order chi connectivity index (χ1) is 10.0. The Balaban J connectivity index is 1.91. The number of hydrogen-bond donors (Lipinski definition) is 2. The zero-order chi connectivity index (χ0) is 15.3. The first-order valence-electron chi connectivity index (χ1n) is 7.44. The second-order valence-corrected chi connectivity index (χ2v) is 6.70. The molecule has 0 aliphatic heterocycles. The van der Waals surface area contributed by atoms with Gasteiger partial charge in [0.05, 0.1) is 0 Å². The molecule has 1 saturated carbocycles. The van der Waals surface area contributed by atoms with E-state index in [9.17, 15) is 9.18 Å². The van der Waals surface area contributed by atoms with Crippen molar-refractivity contribution in [2.75, 3.05) is 7.05 Å². The summed E-state index contributed by atoms with van der Waals surface area (Å²) in [6.45, 7) is 0.226. The average Bonchev–Trinajstić information content (AvgIpc) is 2.49. The molecular formula is C16H22BrFN2O. The van der Waals surface area contributed by atoms with E-state index in [0.29, 0.717) is 12.0 Å². The normalized spacial score (nSPS) is 17.5. The molecule has 2 N–H and O–H groups in total. The van der Waals surface area contributed by atoms with Gasteiger partial charge in [0.1, 0.15) is 5.82 Å². The predicted molar refractivity (Wildman–Crippen MR) is 85.4 cm³/mol. The minimum absolute atomic E-state index is 0.0226. The standard InChI is InChI=1S/C16H22BrFN2O/c1-19-16(7-3-2-4-8-16)10-15(21)20-11-12-9-13(17)5-6-14(12)18/h5-6,9,19H,2-4,7-8,10-11H2,1H3,(H,20,21). The Morgan fingerprint density at radius 1 is 1.33 bits per heavy atom. The van der Waals surface area contributed by atoms with Crippen LogP contribution in [0.15, 0.2) is 22.7 Å². The molecular weight excluding hydrogens is 335 g/mol. The van der Waals surface area contributed by atoms with Gasteiger partial charge in [-0.3, -0.25) is 4.79 Å². The van der Waals surface area contributed by atoms with Crippen molar-refractivity contribution in [3.63, 3.8) is 0 Å². The molecule has 1 aromatic rings. The van der Waals surface area contributed by atoms with Gasteiger partial charge in [0.15, 0.2) is 0 Å². The van der Waals surface area contributed by atoms with Crippen LogP contribution in [0.4, 0.5) is 4.39 Å². The first kappa shape index (κ1) is 16.4. The van der Waals surface area contributed by atoms with Gasteiger partial charge in [0.25, 0.3) is 0 Å². The Labute approximate surface area is 133 Å². The van der Waals surface area contributed by atoms with E-state index in [4.69, 9.17) is 0 Å². The molecule has 3 nitrogen and oxygen atoms in total. The van der Waals surface area contributed by atoms with Gasteiger partial charge in [-0.1, -0.05) is 35.2 Å². The van der Waals surface area contributed by atoms with Gasteiger partial charge < -0.3 is 10.6 Å². The van der Waals surface area contributed by atoms with Gasteiger partial charge in [-0.05, 0) is 38.1 Å². The lowest BCUT2D eigenvalue weighted by atomic mass is 9.79. The summed E-state index contributed by atoms with van der Waals surface area (Å²) in [5, 5.41) is 6.16. The molecule has 0 unspecified atom stereocenters. The molecule has 0 radical (unpaired) electrons. The third kappa shape index (κ3) is 4.51. The maximum Gasteiger partial charge on any atom is 0.222 e. The molecule has 0 spiro atoms. The Kier molecular flexibility index (Phi) is 5.76.